The average molecular weight is 404 g/mol. The number of aryl methyl sites for hydroxylation is 1. The van der Waals surface area contributed by atoms with Gasteiger partial charge in [0.1, 0.15) is 0 Å². The SMILES string of the molecule is CC1CCCN(C(C)(C)CNC(=O)CCc2ncc(-c3ccc(Cl)cc3)o2)C1. The van der Waals surface area contributed by atoms with Crippen molar-refractivity contribution >= 4 is 17.5 Å². The molecule has 1 aliphatic heterocycles. The number of oxazole rings is 1. The lowest BCUT2D eigenvalue weighted by molar-refractivity contribution is -0.121. The second kappa shape index (κ2) is 9.10. The van der Waals surface area contributed by atoms with Crippen LogP contribution in [0.2, 0.25) is 5.02 Å². The van der Waals surface area contributed by atoms with Crippen molar-refractivity contribution in [1.29, 1.82) is 0 Å². The number of carbonyl (C=O) groups is 1. The number of aromatic nitrogens is 1. The van der Waals surface area contributed by atoms with Gasteiger partial charge in [0.25, 0.3) is 0 Å². The first-order chi connectivity index (χ1) is 13.3. The minimum Gasteiger partial charge on any atom is -0.441 e. The first kappa shape index (κ1) is 20.9. The molecule has 0 saturated carbocycles. The molecule has 152 valence electrons. The molecule has 5 nitrogen and oxygen atoms in total. The fourth-order valence-electron chi connectivity index (χ4n) is 3.65. The summed E-state index contributed by atoms with van der Waals surface area (Å²) < 4.78 is 5.77. The van der Waals surface area contributed by atoms with E-state index in [0.717, 1.165) is 24.6 Å². The zero-order valence-corrected chi connectivity index (χ0v) is 17.8. The van der Waals surface area contributed by atoms with Crippen LogP contribution in [-0.4, -0.2) is 41.0 Å². The molecule has 3 rings (SSSR count). The van der Waals surface area contributed by atoms with Crippen molar-refractivity contribution in [3.63, 3.8) is 0 Å². The van der Waals surface area contributed by atoms with E-state index in [0.29, 0.717) is 36.1 Å². The molecule has 0 bridgehead atoms. The predicted octanol–water partition coefficient (Wildman–Crippen LogP) is 4.55. The van der Waals surface area contributed by atoms with Crippen LogP contribution >= 0.6 is 11.6 Å². The molecule has 1 atom stereocenters. The summed E-state index contributed by atoms with van der Waals surface area (Å²) in [6.07, 6.45) is 5.08. The molecular formula is C22H30ClN3O2. The third-order valence-corrected chi connectivity index (χ3v) is 5.73. The molecule has 0 radical (unpaired) electrons. The van der Waals surface area contributed by atoms with Crippen LogP contribution in [0.4, 0.5) is 0 Å². The Morgan fingerprint density at radius 2 is 2.11 bits per heavy atom. The van der Waals surface area contributed by atoms with Gasteiger partial charge in [0.15, 0.2) is 11.7 Å². The monoisotopic (exact) mass is 403 g/mol. The lowest BCUT2D eigenvalue weighted by atomic mass is 9.93. The molecule has 1 aliphatic rings. The number of carbonyl (C=O) groups excluding carboxylic acids is 1. The van der Waals surface area contributed by atoms with Crippen molar-refractivity contribution in [1.82, 2.24) is 15.2 Å². The highest BCUT2D eigenvalue weighted by Crippen LogP contribution is 2.24. The van der Waals surface area contributed by atoms with Gasteiger partial charge in [-0.2, -0.15) is 0 Å². The topological polar surface area (TPSA) is 58.4 Å². The maximum atomic E-state index is 12.3. The van der Waals surface area contributed by atoms with Gasteiger partial charge in [0.05, 0.1) is 6.20 Å². The van der Waals surface area contributed by atoms with Gasteiger partial charge in [-0.1, -0.05) is 18.5 Å². The molecule has 0 spiro atoms. The van der Waals surface area contributed by atoms with Gasteiger partial charge in [-0.25, -0.2) is 4.98 Å². The summed E-state index contributed by atoms with van der Waals surface area (Å²) in [4.78, 5) is 19.1. The van der Waals surface area contributed by atoms with Gasteiger partial charge in [-0.05, 0) is 63.4 Å². The summed E-state index contributed by atoms with van der Waals surface area (Å²) in [6, 6.07) is 7.42. The summed E-state index contributed by atoms with van der Waals surface area (Å²) in [5.41, 5.74) is 0.889. The van der Waals surface area contributed by atoms with E-state index >= 15 is 0 Å². The van der Waals surface area contributed by atoms with Gasteiger partial charge >= 0.3 is 0 Å². The van der Waals surface area contributed by atoms with E-state index in [-0.39, 0.29) is 11.4 Å². The highest BCUT2D eigenvalue weighted by atomic mass is 35.5. The molecule has 6 heteroatoms. The number of hydrogen-bond donors (Lipinski definition) is 1. The van der Waals surface area contributed by atoms with Crippen LogP contribution in [0.25, 0.3) is 11.3 Å². The Bertz CT molecular complexity index is 785. The molecule has 1 N–H and O–H groups in total. The normalized spacial score (nSPS) is 18.2. The molecule has 0 aliphatic carbocycles. The van der Waals surface area contributed by atoms with E-state index in [9.17, 15) is 4.79 Å². The molecule has 1 amide bonds. The largest absolute Gasteiger partial charge is 0.441 e. The highest BCUT2D eigenvalue weighted by Gasteiger charge is 2.30. The van der Waals surface area contributed by atoms with Gasteiger partial charge in [-0.3, -0.25) is 9.69 Å². The summed E-state index contributed by atoms with van der Waals surface area (Å²) in [5.74, 6) is 2.02. The van der Waals surface area contributed by atoms with E-state index in [1.807, 2.05) is 24.3 Å². The van der Waals surface area contributed by atoms with E-state index in [1.54, 1.807) is 6.20 Å². The number of nitrogens with one attached hydrogen (secondary N) is 1. The van der Waals surface area contributed by atoms with E-state index in [2.05, 4.69) is 36.0 Å². The van der Waals surface area contributed by atoms with E-state index < -0.39 is 0 Å². The zero-order chi connectivity index (χ0) is 20.1. The van der Waals surface area contributed by atoms with Gasteiger partial charge in [0, 0.05) is 42.1 Å². The van der Waals surface area contributed by atoms with Crippen molar-refractivity contribution < 1.29 is 9.21 Å². The Hall–Kier alpha value is -1.85. The van der Waals surface area contributed by atoms with Crippen LogP contribution in [0, 0.1) is 5.92 Å². The third-order valence-electron chi connectivity index (χ3n) is 5.48. The molecule has 1 aromatic heterocycles. The Balaban J connectivity index is 1.46. The number of amides is 1. The van der Waals surface area contributed by atoms with E-state index in [1.165, 1.54) is 12.8 Å². The molecule has 1 saturated heterocycles. The maximum Gasteiger partial charge on any atom is 0.220 e. The number of nitrogens with zero attached hydrogens (tertiary/aromatic N) is 2. The number of rotatable bonds is 7. The van der Waals surface area contributed by atoms with Gasteiger partial charge < -0.3 is 9.73 Å². The second-order valence-corrected chi connectivity index (χ2v) is 8.84. The van der Waals surface area contributed by atoms with Gasteiger partial charge in [0.2, 0.25) is 5.91 Å². The zero-order valence-electron chi connectivity index (χ0n) is 17.0. The maximum absolute atomic E-state index is 12.3. The summed E-state index contributed by atoms with van der Waals surface area (Å²) in [6.45, 7) is 9.58. The summed E-state index contributed by atoms with van der Waals surface area (Å²) in [7, 11) is 0. The fourth-order valence-corrected chi connectivity index (χ4v) is 3.77. The van der Waals surface area contributed by atoms with Crippen molar-refractivity contribution in [2.24, 2.45) is 5.92 Å². The lowest BCUT2D eigenvalue weighted by Gasteiger charge is -2.43. The Kier molecular flexibility index (Phi) is 6.78. The molecule has 1 unspecified atom stereocenters. The molecule has 2 heterocycles. The second-order valence-electron chi connectivity index (χ2n) is 8.41. The first-order valence-electron chi connectivity index (χ1n) is 10.1. The van der Waals surface area contributed by atoms with Crippen LogP contribution in [0.3, 0.4) is 0 Å². The Morgan fingerprint density at radius 1 is 1.36 bits per heavy atom. The van der Waals surface area contributed by atoms with Crippen LogP contribution in [0.1, 0.15) is 45.9 Å². The van der Waals surface area contributed by atoms with Gasteiger partial charge in [-0.15, -0.1) is 0 Å². The van der Waals surface area contributed by atoms with Crippen LogP contribution < -0.4 is 5.32 Å². The van der Waals surface area contributed by atoms with Crippen molar-refractivity contribution in [2.45, 2.75) is 52.0 Å². The van der Waals surface area contributed by atoms with Crippen molar-refractivity contribution in [3.05, 3.63) is 41.4 Å². The minimum absolute atomic E-state index is 0.0318. The number of benzene rings is 1. The van der Waals surface area contributed by atoms with Crippen LogP contribution in [-0.2, 0) is 11.2 Å². The summed E-state index contributed by atoms with van der Waals surface area (Å²) >= 11 is 5.91. The Morgan fingerprint density at radius 3 is 2.82 bits per heavy atom. The Labute approximate surface area is 172 Å². The quantitative estimate of drug-likeness (QED) is 0.736. The highest BCUT2D eigenvalue weighted by molar-refractivity contribution is 6.30. The minimum atomic E-state index is -0.0327. The number of piperidine rings is 1. The number of halogens is 1. The van der Waals surface area contributed by atoms with Crippen LogP contribution in [0.5, 0.6) is 0 Å². The lowest BCUT2D eigenvalue weighted by Crippen LogP contribution is -2.54. The molecular weight excluding hydrogens is 374 g/mol. The van der Waals surface area contributed by atoms with Crippen molar-refractivity contribution in [3.8, 4) is 11.3 Å². The fraction of sp³-hybridized carbons (Fsp3) is 0.545. The van der Waals surface area contributed by atoms with Crippen molar-refractivity contribution in [2.75, 3.05) is 19.6 Å². The first-order valence-corrected chi connectivity index (χ1v) is 10.4. The third kappa shape index (κ3) is 5.58. The summed E-state index contributed by atoms with van der Waals surface area (Å²) in [5, 5.41) is 3.77. The van der Waals surface area contributed by atoms with E-state index in [4.69, 9.17) is 16.0 Å². The number of hydrogen-bond acceptors (Lipinski definition) is 4. The molecule has 1 fully saturated rings. The predicted molar refractivity (Wildman–Crippen MR) is 112 cm³/mol. The molecule has 2 aromatic rings. The molecule has 1 aromatic carbocycles. The number of likely N-dealkylation sites (tertiary alicyclic amines) is 1. The molecule has 28 heavy (non-hydrogen) atoms. The average Bonchev–Trinajstić information content (AvgIpc) is 3.14. The standard InChI is InChI=1S/C22H30ClN3O2/c1-16-5-4-12-26(14-16)22(2,3)15-25-20(27)10-11-21-24-13-19(28-21)17-6-8-18(23)9-7-17/h6-9,13,16H,4-5,10-12,14-15H2,1-3H3,(H,25,27). The van der Waals surface area contributed by atoms with Crippen LogP contribution in [0.15, 0.2) is 34.9 Å². The smallest absolute Gasteiger partial charge is 0.220 e.